The maximum Gasteiger partial charge on any atom is 0.287 e. The summed E-state index contributed by atoms with van der Waals surface area (Å²) >= 11 is 0. The van der Waals surface area contributed by atoms with Gasteiger partial charge in [0.25, 0.3) is 5.69 Å². The molecular formula is C13H15N3O3. The Bertz CT molecular complexity index is 524. The van der Waals surface area contributed by atoms with Gasteiger partial charge in [0, 0.05) is 18.2 Å². The molecule has 19 heavy (non-hydrogen) atoms. The Morgan fingerprint density at radius 3 is 3.00 bits per heavy atom. The van der Waals surface area contributed by atoms with Crippen molar-refractivity contribution in [1.82, 2.24) is 4.90 Å². The number of benzene rings is 1. The molecule has 0 N–H and O–H groups in total. The molecule has 1 unspecified atom stereocenters. The lowest BCUT2D eigenvalue weighted by Crippen LogP contribution is -2.30. The number of likely N-dealkylation sites (tertiary alicyclic amines) is 1. The fourth-order valence-electron chi connectivity index (χ4n) is 2.24. The van der Waals surface area contributed by atoms with Gasteiger partial charge in [-0.25, -0.2) is 0 Å². The summed E-state index contributed by atoms with van der Waals surface area (Å²) in [5, 5.41) is 19.6. The summed E-state index contributed by atoms with van der Waals surface area (Å²) in [4.78, 5) is 12.4. The molecule has 1 saturated heterocycles. The third-order valence-electron chi connectivity index (χ3n) is 3.40. The Morgan fingerprint density at radius 1 is 1.63 bits per heavy atom. The Morgan fingerprint density at radius 2 is 2.42 bits per heavy atom. The number of likely N-dealkylation sites (N-methyl/N-ethyl adjacent to an activating group) is 1. The minimum Gasteiger partial charge on any atom is -0.492 e. The molecule has 0 aromatic heterocycles. The van der Waals surface area contributed by atoms with Crippen LogP contribution in [0.25, 0.3) is 0 Å². The summed E-state index contributed by atoms with van der Waals surface area (Å²) in [6.45, 7) is 1.61. The Hall–Kier alpha value is -2.13. The maximum atomic E-state index is 10.7. The summed E-state index contributed by atoms with van der Waals surface area (Å²) in [7, 11) is 2.05. The lowest BCUT2D eigenvalue weighted by atomic mass is 10.2. The van der Waals surface area contributed by atoms with Crippen LogP contribution in [0.15, 0.2) is 18.2 Å². The number of nitro benzene ring substituents is 1. The fraction of sp³-hybridized carbons (Fsp3) is 0.462. The minimum absolute atomic E-state index is 0.0299. The zero-order valence-corrected chi connectivity index (χ0v) is 10.7. The van der Waals surface area contributed by atoms with E-state index in [0.29, 0.717) is 18.4 Å². The molecule has 1 aliphatic heterocycles. The number of hydrogen-bond donors (Lipinski definition) is 0. The Balaban J connectivity index is 2.05. The highest BCUT2D eigenvalue weighted by Gasteiger charge is 2.21. The Kier molecular flexibility index (Phi) is 3.97. The van der Waals surface area contributed by atoms with Crippen molar-refractivity contribution in [3.8, 4) is 11.8 Å². The van der Waals surface area contributed by atoms with Gasteiger partial charge in [-0.2, -0.15) is 5.26 Å². The Labute approximate surface area is 111 Å². The average molecular weight is 261 g/mol. The summed E-state index contributed by atoms with van der Waals surface area (Å²) in [6.07, 6.45) is 2.25. The van der Waals surface area contributed by atoms with Gasteiger partial charge in [0.15, 0.2) is 0 Å². The van der Waals surface area contributed by atoms with Crippen molar-refractivity contribution in [2.45, 2.75) is 18.9 Å². The number of nitrogens with zero attached hydrogens (tertiary/aromatic N) is 3. The molecule has 1 atom stereocenters. The summed E-state index contributed by atoms with van der Waals surface area (Å²) in [5.41, 5.74) is -0.157. The lowest BCUT2D eigenvalue weighted by Gasteiger charge is -2.19. The molecule has 0 bridgehead atoms. The van der Waals surface area contributed by atoms with Crippen molar-refractivity contribution in [3.63, 3.8) is 0 Å². The van der Waals surface area contributed by atoms with Crippen molar-refractivity contribution < 1.29 is 9.66 Å². The van der Waals surface area contributed by atoms with Crippen molar-refractivity contribution in [1.29, 1.82) is 5.26 Å². The van der Waals surface area contributed by atoms with Crippen LogP contribution in [0.1, 0.15) is 18.4 Å². The molecule has 0 amide bonds. The standard InChI is InChI=1S/C13H15N3O3/c1-15-6-2-3-11(15)9-19-12-4-5-13(16(17)18)10(7-12)8-14/h4-5,7,11H,2-3,6,9H2,1H3. The van der Waals surface area contributed by atoms with Gasteiger partial charge in [-0.05, 0) is 32.5 Å². The van der Waals surface area contributed by atoms with E-state index < -0.39 is 4.92 Å². The first-order valence-corrected chi connectivity index (χ1v) is 6.13. The van der Waals surface area contributed by atoms with Gasteiger partial charge in [-0.3, -0.25) is 10.1 Å². The highest BCUT2D eigenvalue weighted by atomic mass is 16.6. The van der Waals surface area contributed by atoms with Gasteiger partial charge < -0.3 is 9.64 Å². The number of nitro groups is 1. The van der Waals surface area contributed by atoms with Crippen molar-refractivity contribution >= 4 is 5.69 Å². The fourth-order valence-corrected chi connectivity index (χ4v) is 2.24. The number of ether oxygens (including phenoxy) is 1. The average Bonchev–Trinajstić information content (AvgIpc) is 2.81. The second-order valence-electron chi connectivity index (χ2n) is 4.64. The van der Waals surface area contributed by atoms with Gasteiger partial charge in [0.05, 0.1) is 4.92 Å². The molecule has 1 aliphatic rings. The largest absolute Gasteiger partial charge is 0.492 e. The predicted octanol–water partition coefficient (Wildman–Crippen LogP) is 1.94. The molecule has 0 radical (unpaired) electrons. The second kappa shape index (κ2) is 5.67. The van der Waals surface area contributed by atoms with Gasteiger partial charge in [-0.15, -0.1) is 0 Å². The van der Waals surface area contributed by atoms with Crippen molar-refractivity contribution in [3.05, 3.63) is 33.9 Å². The third-order valence-corrected chi connectivity index (χ3v) is 3.40. The van der Waals surface area contributed by atoms with Crippen LogP contribution in [0.4, 0.5) is 5.69 Å². The van der Waals surface area contributed by atoms with Crippen LogP contribution < -0.4 is 4.74 Å². The topological polar surface area (TPSA) is 79.4 Å². The smallest absolute Gasteiger partial charge is 0.287 e. The maximum absolute atomic E-state index is 10.7. The van der Waals surface area contributed by atoms with Crippen LogP contribution in [0.2, 0.25) is 0 Å². The van der Waals surface area contributed by atoms with Gasteiger partial charge in [0.2, 0.25) is 0 Å². The van der Waals surface area contributed by atoms with E-state index in [1.54, 1.807) is 0 Å². The summed E-state index contributed by atoms with van der Waals surface area (Å²) < 4.78 is 5.62. The van der Waals surface area contributed by atoms with E-state index in [2.05, 4.69) is 11.9 Å². The highest BCUT2D eigenvalue weighted by molar-refractivity contribution is 5.52. The molecule has 0 saturated carbocycles. The van der Waals surface area contributed by atoms with Crippen LogP contribution in [-0.4, -0.2) is 36.1 Å². The SMILES string of the molecule is CN1CCCC1COc1ccc([N+](=O)[O-])c(C#N)c1. The summed E-state index contributed by atoms with van der Waals surface area (Å²) in [6, 6.07) is 6.47. The highest BCUT2D eigenvalue weighted by Crippen LogP contribution is 2.24. The first-order valence-electron chi connectivity index (χ1n) is 6.13. The van der Waals surface area contributed by atoms with E-state index in [1.165, 1.54) is 18.2 Å². The molecule has 1 heterocycles. The second-order valence-corrected chi connectivity index (χ2v) is 4.64. The molecule has 2 rings (SSSR count). The van der Waals surface area contributed by atoms with Gasteiger partial charge >= 0.3 is 0 Å². The molecule has 1 aromatic carbocycles. The quantitative estimate of drug-likeness (QED) is 0.611. The molecule has 6 nitrogen and oxygen atoms in total. The normalized spacial score (nSPS) is 19.1. The molecule has 1 aromatic rings. The predicted molar refractivity (Wildman–Crippen MR) is 69.0 cm³/mol. The van der Waals surface area contributed by atoms with Gasteiger partial charge in [-0.1, -0.05) is 0 Å². The molecule has 0 aliphatic carbocycles. The van der Waals surface area contributed by atoms with E-state index in [-0.39, 0.29) is 11.3 Å². The first-order chi connectivity index (χ1) is 9.11. The molecule has 0 spiro atoms. The van der Waals surface area contributed by atoms with E-state index in [4.69, 9.17) is 10.00 Å². The van der Waals surface area contributed by atoms with Crippen molar-refractivity contribution in [2.24, 2.45) is 0 Å². The summed E-state index contributed by atoms with van der Waals surface area (Å²) in [5.74, 6) is 0.502. The van der Waals surface area contributed by atoms with Crippen LogP contribution in [-0.2, 0) is 0 Å². The zero-order valence-electron chi connectivity index (χ0n) is 10.7. The zero-order chi connectivity index (χ0) is 13.8. The molecule has 6 heteroatoms. The monoisotopic (exact) mass is 261 g/mol. The van der Waals surface area contributed by atoms with E-state index in [0.717, 1.165) is 19.4 Å². The van der Waals surface area contributed by atoms with E-state index in [1.807, 2.05) is 6.07 Å². The molecule has 100 valence electrons. The van der Waals surface area contributed by atoms with E-state index in [9.17, 15) is 10.1 Å². The van der Waals surface area contributed by atoms with Crippen LogP contribution in [0.3, 0.4) is 0 Å². The molecular weight excluding hydrogens is 246 g/mol. The molecule has 1 fully saturated rings. The van der Waals surface area contributed by atoms with Crippen LogP contribution in [0, 0.1) is 21.4 Å². The first kappa shape index (κ1) is 13.3. The van der Waals surface area contributed by atoms with Gasteiger partial charge in [0.1, 0.15) is 24.0 Å². The van der Waals surface area contributed by atoms with Crippen LogP contribution >= 0.6 is 0 Å². The van der Waals surface area contributed by atoms with E-state index >= 15 is 0 Å². The van der Waals surface area contributed by atoms with Crippen LogP contribution in [0.5, 0.6) is 5.75 Å². The third kappa shape index (κ3) is 3.01. The van der Waals surface area contributed by atoms with Crippen molar-refractivity contribution in [2.75, 3.05) is 20.2 Å². The number of nitriles is 1. The minimum atomic E-state index is -0.562. The number of hydrogen-bond acceptors (Lipinski definition) is 5. The number of rotatable bonds is 4. The lowest BCUT2D eigenvalue weighted by molar-refractivity contribution is -0.385.